The quantitative estimate of drug-likeness (QED) is 0.137. The standard InChI is InChI=1S/C49H57NO17/c1-25-31(63-43(58)38(64-34(55)20-19-33(53)54)36(28-15-11-9-12-16-28)50-44(59)67-45(4,5)6)23-49(60)41(65-42(57)29-17-13-10-14-18-29)39-47(40(56)37(62-26(2)51)35(25)46(49,7)8)22-30(47)21-32-48(39,24-61-32)66-27(3)52/h9-18,30-32,36-39,41,60H,19-24H2,1-8H3,(H,50,59)(H,53,54)/t30-,31+,32-,36+,37-,38-,39+,41+,47-,48+,49-/m1/s1. The molecule has 360 valence electrons. The van der Waals surface area contributed by atoms with Crippen molar-refractivity contribution in [1.29, 1.82) is 0 Å². The summed E-state index contributed by atoms with van der Waals surface area (Å²) >= 11 is 0. The Morgan fingerprint density at radius 3 is 2.09 bits per heavy atom. The molecule has 7 rings (SSSR count). The summed E-state index contributed by atoms with van der Waals surface area (Å²) in [7, 11) is 0. The van der Waals surface area contributed by atoms with Crippen LogP contribution in [-0.4, -0.2) is 112 Å². The Kier molecular flexibility index (Phi) is 13.0. The molecule has 5 aliphatic rings. The van der Waals surface area contributed by atoms with Gasteiger partial charge in [-0.1, -0.05) is 62.4 Å². The van der Waals surface area contributed by atoms with Gasteiger partial charge in [-0.25, -0.2) is 14.4 Å². The molecule has 3 N–H and O–H groups in total. The van der Waals surface area contributed by atoms with Gasteiger partial charge in [0.2, 0.25) is 6.10 Å². The maximum absolute atomic E-state index is 15.6. The van der Waals surface area contributed by atoms with Crippen LogP contribution in [0.5, 0.6) is 0 Å². The Morgan fingerprint density at radius 1 is 0.881 bits per heavy atom. The van der Waals surface area contributed by atoms with E-state index >= 15 is 4.79 Å². The molecule has 4 fully saturated rings. The summed E-state index contributed by atoms with van der Waals surface area (Å²) in [5.74, 6) is -8.53. The molecule has 1 saturated heterocycles. The van der Waals surface area contributed by atoms with E-state index in [0.29, 0.717) is 0 Å². The van der Waals surface area contributed by atoms with Crippen LogP contribution >= 0.6 is 0 Å². The number of benzene rings is 2. The summed E-state index contributed by atoms with van der Waals surface area (Å²) in [4.78, 5) is 109. The van der Waals surface area contributed by atoms with Crippen LogP contribution in [0.25, 0.3) is 0 Å². The summed E-state index contributed by atoms with van der Waals surface area (Å²) in [5, 5.41) is 25.8. The first-order chi connectivity index (χ1) is 31.4. The molecule has 67 heavy (non-hydrogen) atoms. The molecule has 2 aromatic rings. The largest absolute Gasteiger partial charge is 0.481 e. The van der Waals surface area contributed by atoms with E-state index in [0.717, 1.165) is 6.92 Å². The van der Waals surface area contributed by atoms with Crippen LogP contribution < -0.4 is 5.32 Å². The second kappa shape index (κ2) is 17.8. The number of hydrogen-bond donors (Lipinski definition) is 3. The minimum atomic E-state index is -2.35. The third kappa shape index (κ3) is 8.92. The molecule has 4 aliphatic carbocycles. The molecule has 0 aromatic heterocycles. The van der Waals surface area contributed by atoms with Crippen molar-refractivity contribution in [2.45, 2.75) is 141 Å². The van der Waals surface area contributed by atoms with Gasteiger partial charge in [0.05, 0.1) is 30.9 Å². The van der Waals surface area contributed by atoms with E-state index in [4.69, 9.17) is 33.2 Å². The number of ether oxygens (including phenoxy) is 7. The third-order valence-corrected chi connectivity index (χ3v) is 14.0. The van der Waals surface area contributed by atoms with Crippen LogP contribution in [0.3, 0.4) is 0 Å². The van der Waals surface area contributed by atoms with Crippen molar-refractivity contribution in [2.24, 2.45) is 22.7 Å². The van der Waals surface area contributed by atoms with Gasteiger partial charge in [0.25, 0.3) is 0 Å². The lowest BCUT2D eigenvalue weighted by Crippen LogP contribution is -2.78. The van der Waals surface area contributed by atoms with E-state index in [1.807, 2.05) is 0 Å². The van der Waals surface area contributed by atoms with Crippen LogP contribution in [0, 0.1) is 22.7 Å². The van der Waals surface area contributed by atoms with Crippen molar-refractivity contribution in [3.8, 4) is 0 Å². The smallest absolute Gasteiger partial charge is 0.408 e. The lowest BCUT2D eigenvalue weighted by molar-refractivity contribution is -0.323. The topological polar surface area (TPSA) is 254 Å². The zero-order valence-corrected chi connectivity index (χ0v) is 38.7. The normalized spacial score (nSPS) is 30.9. The molecule has 0 unspecified atom stereocenters. The fourth-order valence-corrected chi connectivity index (χ4v) is 10.9. The number of alkyl carbamates (subject to hydrolysis) is 1. The minimum Gasteiger partial charge on any atom is -0.481 e. The average molecular weight is 932 g/mol. The van der Waals surface area contributed by atoms with Gasteiger partial charge in [-0.2, -0.15) is 0 Å². The van der Waals surface area contributed by atoms with E-state index in [9.17, 15) is 43.8 Å². The predicted octanol–water partition coefficient (Wildman–Crippen LogP) is 4.89. The van der Waals surface area contributed by atoms with E-state index in [1.54, 1.807) is 71.0 Å². The fourth-order valence-electron chi connectivity index (χ4n) is 10.9. The highest BCUT2D eigenvalue weighted by Crippen LogP contribution is 2.74. The van der Waals surface area contributed by atoms with Gasteiger partial charge in [0, 0.05) is 31.1 Å². The van der Waals surface area contributed by atoms with Gasteiger partial charge < -0.3 is 48.7 Å². The van der Waals surface area contributed by atoms with E-state index in [2.05, 4.69) is 5.32 Å². The number of rotatable bonds is 13. The molecule has 2 aromatic carbocycles. The molecule has 1 amide bonds. The molecule has 1 heterocycles. The number of aliphatic hydroxyl groups is 1. The number of esters is 5. The van der Waals surface area contributed by atoms with Gasteiger partial charge >= 0.3 is 41.9 Å². The van der Waals surface area contributed by atoms with Crippen LogP contribution in [0.2, 0.25) is 0 Å². The summed E-state index contributed by atoms with van der Waals surface area (Å²) in [6.45, 7) is 11.6. The number of carboxylic acid groups (broad SMARTS) is 1. The Bertz CT molecular complexity index is 2370. The predicted molar refractivity (Wildman–Crippen MR) is 230 cm³/mol. The Morgan fingerprint density at radius 2 is 1.52 bits per heavy atom. The minimum absolute atomic E-state index is 0.0495. The summed E-state index contributed by atoms with van der Waals surface area (Å²) in [6, 6.07) is 14.3. The summed E-state index contributed by atoms with van der Waals surface area (Å²) in [6.07, 6.45) is -10.2. The van der Waals surface area contributed by atoms with E-state index < -0.39 is 143 Å². The Labute approximate surface area is 386 Å². The number of amides is 1. The molecule has 0 radical (unpaired) electrons. The monoisotopic (exact) mass is 931 g/mol. The molecule has 11 atom stereocenters. The molecular weight excluding hydrogens is 875 g/mol. The van der Waals surface area contributed by atoms with Gasteiger partial charge in [-0.15, -0.1) is 0 Å². The van der Waals surface area contributed by atoms with Gasteiger partial charge in [0.15, 0.2) is 17.5 Å². The lowest BCUT2D eigenvalue weighted by atomic mass is 9.48. The second-order valence-electron chi connectivity index (χ2n) is 19.7. The van der Waals surface area contributed by atoms with Crippen molar-refractivity contribution in [3.63, 3.8) is 0 Å². The van der Waals surface area contributed by atoms with Crippen molar-refractivity contribution in [1.82, 2.24) is 5.32 Å². The number of carbonyl (C=O) groups is 8. The Balaban J connectivity index is 1.40. The third-order valence-electron chi connectivity index (χ3n) is 14.0. The van der Waals surface area contributed by atoms with Crippen molar-refractivity contribution in [3.05, 3.63) is 82.9 Å². The van der Waals surface area contributed by atoms with Gasteiger partial charge in [0.1, 0.15) is 35.6 Å². The van der Waals surface area contributed by atoms with Gasteiger partial charge in [-0.3, -0.25) is 24.0 Å². The number of hydrogen-bond acceptors (Lipinski definition) is 16. The molecule has 1 spiro atoms. The highest BCUT2D eigenvalue weighted by Gasteiger charge is 2.84. The molecule has 18 heteroatoms. The van der Waals surface area contributed by atoms with Crippen molar-refractivity contribution >= 4 is 47.7 Å². The lowest BCUT2D eigenvalue weighted by Gasteiger charge is -2.64. The molecule has 3 saturated carbocycles. The maximum Gasteiger partial charge on any atom is 0.408 e. The fraction of sp³-hybridized carbons (Fsp3) is 0.551. The first-order valence-electron chi connectivity index (χ1n) is 22.2. The van der Waals surface area contributed by atoms with Crippen LogP contribution in [0.4, 0.5) is 4.79 Å². The number of Topliss-reactive ketones (excluding diaryl/α,β-unsaturated/α-hetero) is 1. The zero-order valence-electron chi connectivity index (χ0n) is 38.7. The van der Waals surface area contributed by atoms with Crippen LogP contribution in [0.1, 0.15) is 109 Å². The molecular formula is C49H57NO17. The van der Waals surface area contributed by atoms with E-state index in [-0.39, 0.29) is 41.7 Å². The number of carboxylic acids is 1. The first kappa shape index (κ1) is 48.8. The van der Waals surface area contributed by atoms with Crippen LogP contribution in [-0.2, 0) is 61.9 Å². The van der Waals surface area contributed by atoms with Crippen LogP contribution in [0.15, 0.2) is 71.8 Å². The number of aliphatic carboxylic acids is 1. The zero-order chi connectivity index (χ0) is 49.0. The van der Waals surface area contributed by atoms with E-state index in [1.165, 1.54) is 38.1 Å². The molecule has 1 aliphatic heterocycles. The average Bonchev–Trinajstić information content (AvgIpc) is 3.97. The number of ketones is 1. The summed E-state index contributed by atoms with van der Waals surface area (Å²) < 4.78 is 42.1. The van der Waals surface area contributed by atoms with Crippen molar-refractivity contribution in [2.75, 3.05) is 6.61 Å². The number of nitrogens with one attached hydrogen (secondary N) is 1. The van der Waals surface area contributed by atoms with Crippen molar-refractivity contribution < 1.29 is 81.7 Å². The number of fused-ring (bicyclic) bond motifs is 4. The summed E-state index contributed by atoms with van der Waals surface area (Å²) in [5.41, 5.74) is -7.56. The highest BCUT2D eigenvalue weighted by molar-refractivity contribution is 5.98. The first-order valence-corrected chi connectivity index (χ1v) is 22.2. The Hall–Kier alpha value is -6.14. The SMILES string of the molecule is CC(=O)O[C@H]1C(=O)[C@]23C[C@H]2C[C@H]2OC[C@@]2(OC(C)=O)[C@H]3[C@H](OC(=O)c2ccccc2)[C@]2(O)C[C@H](OC(=O)[C@H](OC(=O)CCC(=O)O)[C@@H](NC(=O)OC(C)(C)C)c3ccccc3)C(C)=C1C2(C)C. The number of carbonyl (C=O) groups excluding carboxylic acids is 7. The second-order valence-corrected chi connectivity index (χ2v) is 19.7. The molecule has 2 bridgehead atoms. The maximum atomic E-state index is 15.6. The van der Waals surface area contributed by atoms with Gasteiger partial charge in [-0.05, 0) is 75.3 Å². The molecule has 18 nitrogen and oxygen atoms in total. The highest BCUT2D eigenvalue weighted by atomic mass is 16.6.